The average molecular weight is 261 g/mol. The predicted octanol–water partition coefficient (Wildman–Crippen LogP) is 1.87. The summed E-state index contributed by atoms with van der Waals surface area (Å²) in [4.78, 5) is 16.6. The number of carbonyl (C=O) groups excluding carboxylic acids is 1. The van der Waals surface area contributed by atoms with Crippen LogP contribution in [0.15, 0.2) is 24.5 Å². The molecule has 19 heavy (non-hydrogen) atoms. The molecule has 0 saturated carbocycles. The van der Waals surface area contributed by atoms with Crippen molar-refractivity contribution >= 4 is 5.91 Å². The van der Waals surface area contributed by atoms with Crippen molar-refractivity contribution in [1.29, 1.82) is 0 Å². The highest BCUT2D eigenvalue weighted by atomic mass is 16.2. The summed E-state index contributed by atoms with van der Waals surface area (Å²) in [5.41, 5.74) is 0.888. The third-order valence-electron chi connectivity index (χ3n) is 3.95. The lowest BCUT2D eigenvalue weighted by Gasteiger charge is -2.36. The van der Waals surface area contributed by atoms with Crippen LogP contribution >= 0.6 is 0 Å². The predicted molar refractivity (Wildman–Crippen MR) is 75.5 cm³/mol. The minimum absolute atomic E-state index is 0.164. The van der Waals surface area contributed by atoms with Crippen molar-refractivity contribution in [3.8, 4) is 0 Å². The zero-order chi connectivity index (χ0) is 13.6. The van der Waals surface area contributed by atoms with Gasteiger partial charge in [0.1, 0.15) is 0 Å². The maximum absolute atomic E-state index is 12.5. The molecule has 4 heteroatoms. The van der Waals surface area contributed by atoms with Gasteiger partial charge in [-0.25, -0.2) is 0 Å². The Balaban J connectivity index is 1.96. The van der Waals surface area contributed by atoms with E-state index in [4.69, 9.17) is 0 Å². The highest BCUT2D eigenvalue weighted by Crippen LogP contribution is 2.34. The van der Waals surface area contributed by atoms with Crippen LogP contribution in [0.1, 0.15) is 38.2 Å². The lowest BCUT2D eigenvalue weighted by molar-refractivity contribution is -0.133. The van der Waals surface area contributed by atoms with Crippen LogP contribution in [0.2, 0.25) is 0 Å². The summed E-state index contributed by atoms with van der Waals surface area (Å²) in [6, 6.07) is 3.88. The van der Waals surface area contributed by atoms with Crippen LogP contribution < -0.4 is 10.6 Å². The second kappa shape index (κ2) is 6.66. The SMILES string of the molecule is CCCC1(C(=O)NCc2cccnc2)CCNCC1. The molecule has 2 heterocycles. The highest BCUT2D eigenvalue weighted by Gasteiger charge is 2.38. The zero-order valence-corrected chi connectivity index (χ0v) is 11.6. The van der Waals surface area contributed by atoms with E-state index in [1.54, 1.807) is 12.4 Å². The van der Waals surface area contributed by atoms with E-state index in [2.05, 4.69) is 22.5 Å². The first kappa shape index (κ1) is 14.0. The van der Waals surface area contributed by atoms with Gasteiger partial charge in [-0.1, -0.05) is 19.4 Å². The summed E-state index contributed by atoms with van der Waals surface area (Å²) >= 11 is 0. The van der Waals surface area contributed by atoms with E-state index in [0.717, 1.165) is 44.3 Å². The molecule has 1 aliphatic rings. The van der Waals surface area contributed by atoms with Crippen molar-refractivity contribution in [3.63, 3.8) is 0 Å². The van der Waals surface area contributed by atoms with Crippen molar-refractivity contribution in [2.24, 2.45) is 5.41 Å². The van der Waals surface area contributed by atoms with Gasteiger partial charge in [0.2, 0.25) is 5.91 Å². The molecule has 1 fully saturated rings. The normalized spacial score (nSPS) is 17.9. The molecular weight excluding hydrogens is 238 g/mol. The minimum atomic E-state index is -0.164. The fraction of sp³-hybridized carbons (Fsp3) is 0.600. The van der Waals surface area contributed by atoms with Crippen molar-refractivity contribution in [3.05, 3.63) is 30.1 Å². The Morgan fingerprint density at radius 1 is 1.47 bits per heavy atom. The molecule has 1 aliphatic heterocycles. The fourth-order valence-electron chi connectivity index (χ4n) is 2.85. The number of pyridine rings is 1. The minimum Gasteiger partial charge on any atom is -0.351 e. The van der Waals surface area contributed by atoms with Gasteiger partial charge >= 0.3 is 0 Å². The molecule has 0 unspecified atom stereocenters. The van der Waals surface area contributed by atoms with E-state index < -0.39 is 0 Å². The molecule has 1 amide bonds. The molecule has 0 bridgehead atoms. The van der Waals surface area contributed by atoms with Crippen LogP contribution in [-0.2, 0) is 11.3 Å². The zero-order valence-electron chi connectivity index (χ0n) is 11.6. The van der Waals surface area contributed by atoms with Crippen LogP contribution in [0.25, 0.3) is 0 Å². The van der Waals surface area contributed by atoms with Crippen LogP contribution in [0.5, 0.6) is 0 Å². The average Bonchev–Trinajstić information content (AvgIpc) is 2.47. The largest absolute Gasteiger partial charge is 0.351 e. The lowest BCUT2D eigenvalue weighted by atomic mass is 9.74. The Morgan fingerprint density at radius 3 is 2.89 bits per heavy atom. The summed E-state index contributed by atoms with van der Waals surface area (Å²) in [5, 5.41) is 6.42. The van der Waals surface area contributed by atoms with Crippen LogP contribution in [-0.4, -0.2) is 24.0 Å². The number of amides is 1. The van der Waals surface area contributed by atoms with Gasteiger partial charge in [0.05, 0.1) is 5.41 Å². The number of nitrogens with zero attached hydrogens (tertiary/aromatic N) is 1. The van der Waals surface area contributed by atoms with Crippen molar-refractivity contribution in [2.45, 2.75) is 39.2 Å². The van der Waals surface area contributed by atoms with Gasteiger partial charge in [-0.3, -0.25) is 9.78 Å². The molecular formula is C15H23N3O. The van der Waals surface area contributed by atoms with E-state index in [1.807, 2.05) is 12.1 Å². The Labute approximate surface area is 115 Å². The van der Waals surface area contributed by atoms with Gasteiger partial charge in [0.15, 0.2) is 0 Å². The van der Waals surface area contributed by atoms with E-state index in [0.29, 0.717) is 6.54 Å². The number of carbonyl (C=O) groups is 1. The third-order valence-corrected chi connectivity index (χ3v) is 3.95. The second-order valence-electron chi connectivity index (χ2n) is 5.32. The molecule has 0 radical (unpaired) electrons. The first-order chi connectivity index (χ1) is 9.27. The number of hydrogen-bond donors (Lipinski definition) is 2. The monoisotopic (exact) mass is 261 g/mol. The Bertz CT molecular complexity index is 394. The quantitative estimate of drug-likeness (QED) is 0.850. The van der Waals surface area contributed by atoms with E-state index >= 15 is 0 Å². The summed E-state index contributed by atoms with van der Waals surface area (Å²) in [7, 11) is 0. The Morgan fingerprint density at radius 2 is 2.26 bits per heavy atom. The van der Waals surface area contributed by atoms with Crippen molar-refractivity contribution < 1.29 is 4.79 Å². The van der Waals surface area contributed by atoms with Gasteiger partial charge in [-0.2, -0.15) is 0 Å². The van der Waals surface area contributed by atoms with Crippen LogP contribution in [0.3, 0.4) is 0 Å². The van der Waals surface area contributed by atoms with Gasteiger partial charge < -0.3 is 10.6 Å². The molecule has 0 atom stereocenters. The maximum atomic E-state index is 12.5. The molecule has 4 nitrogen and oxygen atoms in total. The molecule has 1 aromatic heterocycles. The van der Waals surface area contributed by atoms with E-state index in [1.165, 1.54) is 0 Å². The number of nitrogens with one attached hydrogen (secondary N) is 2. The van der Waals surface area contributed by atoms with Crippen LogP contribution in [0, 0.1) is 5.41 Å². The molecule has 104 valence electrons. The lowest BCUT2D eigenvalue weighted by Crippen LogP contribution is -2.47. The van der Waals surface area contributed by atoms with E-state index in [-0.39, 0.29) is 11.3 Å². The summed E-state index contributed by atoms with van der Waals surface area (Å²) in [5.74, 6) is 0.208. The van der Waals surface area contributed by atoms with Crippen molar-refractivity contribution in [1.82, 2.24) is 15.6 Å². The van der Waals surface area contributed by atoms with Gasteiger partial charge in [-0.15, -0.1) is 0 Å². The molecule has 1 saturated heterocycles. The topological polar surface area (TPSA) is 54.0 Å². The molecule has 1 aromatic rings. The standard InChI is InChI=1S/C15H23N3O/c1-2-5-15(6-9-16-10-7-15)14(19)18-12-13-4-3-8-17-11-13/h3-4,8,11,16H,2,5-7,9-10,12H2,1H3,(H,18,19). The number of hydrogen-bond acceptors (Lipinski definition) is 3. The van der Waals surface area contributed by atoms with E-state index in [9.17, 15) is 4.79 Å². The smallest absolute Gasteiger partial charge is 0.226 e. The van der Waals surface area contributed by atoms with Gasteiger partial charge in [0, 0.05) is 18.9 Å². The molecule has 2 rings (SSSR count). The van der Waals surface area contributed by atoms with Crippen LogP contribution in [0.4, 0.5) is 0 Å². The molecule has 0 spiro atoms. The summed E-state index contributed by atoms with van der Waals surface area (Å²) in [6.45, 7) is 4.62. The molecule has 2 N–H and O–H groups in total. The first-order valence-corrected chi connectivity index (χ1v) is 7.15. The maximum Gasteiger partial charge on any atom is 0.226 e. The third kappa shape index (κ3) is 3.53. The first-order valence-electron chi connectivity index (χ1n) is 7.15. The van der Waals surface area contributed by atoms with Gasteiger partial charge in [-0.05, 0) is 44.0 Å². The Kier molecular flexibility index (Phi) is 4.91. The molecule has 0 aromatic carbocycles. The Hall–Kier alpha value is -1.42. The van der Waals surface area contributed by atoms with Gasteiger partial charge in [0.25, 0.3) is 0 Å². The summed E-state index contributed by atoms with van der Waals surface area (Å²) in [6.07, 6.45) is 7.47. The summed E-state index contributed by atoms with van der Waals surface area (Å²) < 4.78 is 0. The number of piperidine rings is 1. The van der Waals surface area contributed by atoms with Crippen molar-refractivity contribution in [2.75, 3.05) is 13.1 Å². The fourth-order valence-corrected chi connectivity index (χ4v) is 2.85. The number of aromatic nitrogens is 1. The highest BCUT2D eigenvalue weighted by molar-refractivity contribution is 5.82. The second-order valence-corrected chi connectivity index (χ2v) is 5.32. The number of rotatable bonds is 5. The molecule has 0 aliphatic carbocycles.